The summed E-state index contributed by atoms with van der Waals surface area (Å²) in [7, 11) is -16.5. The van der Waals surface area contributed by atoms with Gasteiger partial charge in [-0.1, -0.05) is 44.2 Å². The fourth-order valence-corrected chi connectivity index (χ4v) is 9.30. The quantitative estimate of drug-likeness (QED) is 0.0298. The summed E-state index contributed by atoms with van der Waals surface area (Å²) in [5.74, 6) is -2.20. The molecule has 8 atom stereocenters. The van der Waals surface area contributed by atoms with Crippen LogP contribution in [0.25, 0.3) is 11.2 Å². The number of nitrogens with two attached hydrogens (primary N) is 1. The minimum atomic E-state index is -5.60. The average Bonchev–Trinajstić information content (AvgIpc) is 3.75. The number of anilines is 1. The van der Waals surface area contributed by atoms with Crippen molar-refractivity contribution >= 4 is 75.1 Å². The number of hydrogen-bond donors (Lipinski definition) is 11. The number of rotatable bonds is 29. The largest absolute Gasteiger partial charge is 0.481 e. The first-order valence-corrected chi connectivity index (χ1v) is 24.9. The number of unbranched alkanes of at least 4 members (excludes halogenated alkanes) is 2. The first-order valence-electron chi connectivity index (χ1n) is 19.4. The summed E-state index contributed by atoms with van der Waals surface area (Å²) in [6.45, 7) is 0.261. The van der Waals surface area contributed by atoms with Crippen molar-refractivity contribution in [3.05, 3.63) is 24.8 Å². The monoisotopic (exact) mass is 993 g/mol. The highest BCUT2D eigenvalue weighted by atomic mass is 32.2. The Morgan fingerprint density at radius 1 is 0.984 bits per heavy atom. The van der Waals surface area contributed by atoms with E-state index in [4.69, 9.17) is 24.6 Å². The van der Waals surface area contributed by atoms with Gasteiger partial charge in [0.1, 0.15) is 36.3 Å². The predicted octanol–water partition coefficient (Wildman–Crippen LogP) is 0.397. The molecule has 2 aromatic rings. The van der Waals surface area contributed by atoms with Gasteiger partial charge in [-0.15, -0.1) is 0 Å². The molecule has 0 aliphatic carbocycles. The van der Waals surface area contributed by atoms with Gasteiger partial charge in [0.25, 0.3) is 0 Å². The van der Waals surface area contributed by atoms with Crippen LogP contribution < -0.4 is 16.4 Å². The molecule has 1 aliphatic rings. The fourth-order valence-electron chi connectivity index (χ4n) is 5.73. The number of amides is 2. The number of carboxylic acid groups (broad SMARTS) is 1. The van der Waals surface area contributed by atoms with Crippen LogP contribution in [0.15, 0.2) is 24.8 Å². The van der Waals surface area contributed by atoms with E-state index >= 15 is 0 Å². The molecular formula is C33H54N7O20P3S. The Balaban J connectivity index is 1.37. The third-order valence-electron chi connectivity index (χ3n) is 9.02. The SMILES string of the molecule is CC(C)(COP(=O)(O)OP(=O)(O)OCC1OC(n2cnc3c(N)ncnc32)C(O)C1OP(=O)(O)O)C(O)C(=O)NCCC(=O)NCCSC(=O)CC(O)CCCC/C=C/CCC(=O)O. The fraction of sp³-hybridized carbons (Fsp3) is 0.667. The number of nitrogens with one attached hydrogen (secondary N) is 2. The summed E-state index contributed by atoms with van der Waals surface area (Å²) in [4.78, 5) is 98.5. The lowest BCUT2D eigenvalue weighted by Gasteiger charge is -2.30. The van der Waals surface area contributed by atoms with E-state index < -0.39 is 96.6 Å². The lowest BCUT2D eigenvalue weighted by atomic mass is 9.87. The van der Waals surface area contributed by atoms with Gasteiger partial charge >= 0.3 is 29.4 Å². The highest BCUT2D eigenvalue weighted by Gasteiger charge is 2.50. The number of allylic oxidation sites excluding steroid dienone is 2. The number of ether oxygens (including phenoxy) is 1. The molecule has 2 aromatic heterocycles. The molecule has 0 spiro atoms. The molecule has 1 saturated heterocycles. The number of nitrogens with zero attached hydrogens (tertiary/aromatic N) is 4. The van der Waals surface area contributed by atoms with Gasteiger partial charge < -0.3 is 61.1 Å². The van der Waals surface area contributed by atoms with E-state index in [1.54, 1.807) is 6.08 Å². The number of nitrogen functional groups attached to an aromatic ring is 1. The molecule has 2 amide bonds. The molecule has 362 valence electrons. The summed E-state index contributed by atoms with van der Waals surface area (Å²) >= 11 is 0.935. The summed E-state index contributed by atoms with van der Waals surface area (Å²) in [6.07, 6.45) is -1.15. The van der Waals surface area contributed by atoms with Crippen LogP contribution in [0.2, 0.25) is 0 Å². The maximum atomic E-state index is 12.7. The van der Waals surface area contributed by atoms with Crippen molar-refractivity contribution < 1.29 is 95.5 Å². The van der Waals surface area contributed by atoms with Gasteiger partial charge in [-0.2, -0.15) is 4.31 Å². The van der Waals surface area contributed by atoms with Crippen LogP contribution in [0.1, 0.15) is 71.4 Å². The summed E-state index contributed by atoms with van der Waals surface area (Å²) in [6, 6.07) is 0. The number of carbonyl (C=O) groups excluding carboxylic acids is 3. The molecule has 12 N–H and O–H groups in total. The Kier molecular flexibility index (Phi) is 21.5. The van der Waals surface area contributed by atoms with Crippen molar-refractivity contribution in [1.82, 2.24) is 30.2 Å². The van der Waals surface area contributed by atoms with E-state index in [1.165, 1.54) is 13.8 Å². The number of aliphatic carboxylic acids is 1. The van der Waals surface area contributed by atoms with Gasteiger partial charge in [0.2, 0.25) is 11.8 Å². The molecule has 31 heteroatoms. The van der Waals surface area contributed by atoms with E-state index in [9.17, 15) is 67.8 Å². The van der Waals surface area contributed by atoms with Crippen LogP contribution in [-0.4, -0.2) is 145 Å². The molecule has 1 aliphatic heterocycles. The number of aliphatic hydroxyl groups is 3. The summed E-state index contributed by atoms with van der Waals surface area (Å²) < 4.78 is 62.2. The van der Waals surface area contributed by atoms with Crippen molar-refractivity contribution in [3.8, 4) is 0 Å². The third-order valence-corrected chi connectivity index (χ3v) is 13.0. The molecule has 1 fully saturated rings. The Bertz CT molecular complexity index is 2070. The van der Waals surface area contributed by atoms with Gasteiger partial charge in [-0.25, -0.2) is 28.6 Å². The second-order valence-corrected chi connectivity index (χ2v) is 20.2. The molecule has 64 heavy (non-hydrogen) atoms. The van der Waals surface area contributed by atoms with Crippen LogP contribution in [-0.2, 0) is 55.5 Å². The lowest BCUT2D eigenvalue weighted by molar-refractivity contribution is -0.137. The maximum Gasteiger partial charge on any atom is 0.481 e. The first-order chi connectivity index (χ1) is 29.8. The highest BCUT2D eigenvalue weighted by Crippen LogP contribution is 2.61. The molecule has 3 rings (SSSR count). The van der Waals surface area contributed by atoms with E-state index in [0.29, 0.717) is 19.3 Å². The summed E-state index contributed by atoms with van der Waals surface area (Å²) in [5.41, 5.74) is 4.21. The van der Waals surface area contributed by atoms with Crippen molar-refractivity contribution in [2.75, 3.05) is 37.8 Å². The molecule has 27 nitrogen and oxygen atoms in total. The Morgan fingerprint density at radius 3 is 2.36 bits per heavy atom. The molecule has 8 unspecified atom stereocenters. The maximum absolute atomic E-state index is 12.7. The zero-order valence-electron chi connectivity index (χ0n) is 34.6. The molecule has 0 saturated carbocycles. The van der Waals surface area contributed by atoms with Gasteiger partial charge in [0.15, 0.2) is 22.8 Å². The standard InChI is InChI=1S/C33H54N7O20P3S/c1-33(2,28(47)31(48)36-12-11-22(42)35-13-14-64-24(45)15-20(41)9-7-5-3-4-6-8-10-23(43)44)17-57-63(54,55)60-62(52,53)56-16-21-27(59-61(49,50)51)26(46)32(58-21)40-19-39-25-29(34)37-18-38-30(25)40/h4,6,18-21,26-28,32,41,46-47H,3,5,7-17H2,1-2H3,(H,35,42)(H,36,48)(H,43,44)(H,52,53)(H,54,55)(H2,34,37,38)(H2,49,50,51)/b6-4+. The lowest BCUT2D eigenvalue weighted by Crippen LogP contribution is -2.46. The van der Waals surface area contributed by atoms with Crippen LogP contribution in [0.4, 0.5) is 5.82 Å². The van der Waals surface area contributed by atoms with Crippen LogP contribution in [0, 0.1) is 5.41 Å². The Hall–Kier alpha value is -3.27. The van der Waals surface area contributed by atoms with Crippen molar-refractivity contribution in [2.24, 2.45) is 5.41 Å². The molecular weight excluding hydrogens is 939 g/mol. The van der Waals surface area contributed by atoms with E-state index in [0.717, 1.165) is 41.8 Å². The number of carbonyl (C=O) groups is 4. The zero-order chi connectivity index (χ0) is 47.9. The van der Waals surface area contributed by atoms with Crippen molar-refractivity contribution in [2.45, 2.75) is 102 Å². The second kappa shape index (κ2) is 25.0. The number of imidazole rings is 1. The number of aliphatic hydroxyl groups excluding tert-OH is 3. The van der Waals surface area contributed by atoms with Crippen molar-refractivity contribution in [1.29, 1.82) is 0 Å². The van der Waals surface area contributed by atoms with E-state index in [1.807, 2.05) is 6.08 Å². The minimum Gasteiger partial charge on any atom is -0.481 e. The number of thioether (sulfide) groups is 1. The minimum absolute atomic E-state index is 0.0193. The highest BCUT2D eigenvalue weighted by molar-refractivity contribution is 8.13. The van der Waals surface area contributed by atoms with Gasteiger partial charge in [-0.3, -0.25) is 37.3 Å². The van der Waals surface area contributed by atoms with Crippen molar-refractivity contribution in [3.63, 3.8) is 0 Å². The van der Waals surface area contributed by atoms with Gasteiger partial charge in [0.05, 0.1) is 25.6 Å². The van der Waals surface area contributed by atoms with Crippen LogP contribution >= 0.6 is 35.2 Å². The van der Waals surface area contributed by atoms with Crippen LogP contribution in [0.3, 0.4) is 0 Å². The predicted molar refractivity (Wildman–Crippen MR) is 222 cm³/mol. The number of phosphoric ester groups is 3. The Morgan fingerprint density at radius 2 is 1.67 bits per heavy atom. The average molecular weight is 994 g/mol. The second-order valence-electron chi connectivity index (χ2n) is 14.8. The van der Waals surface area contributed by atoms with E-state index in [-0.39, 0.29) is 60.2 Å². The van der Waals surface area contributed by atoms with Crippen LogP contribution in [0.5, 0.6) is 0 Å². The topological polar surface area (TPSA) is 421 Å². The number of hydrogen-bond acceptors (Lipinski definition) is 20. The molecule has 0 bridgehead atoms. The molecule has 0 radical (unpaired) electrons. The summed E-state index contributed by atoms with van der Waals surface area (Å²) in [5, 5.41) is 44.8. The number of carboxylic acids is 1. The molecule has 0 aromatic carbocycles. The smallest absolute Gasteiger partial charge is 0.481 e. The van der Waals surface area contributed by atoms with Gasteiger partial charge in [0, 0.05) is 43.5 Å². The number of phosphoric acid groups is 3. The number of aromatic nitrogens is 4. The van der Waals surface area contributed by atoms with Gasteiger partial charge in [-0.05, 0) is 25.7 Å². The third kappa shape index (κ3) is 18.9. The number of fused-ring (bicyclic) bond motifs is 1. The zero-order valence-corrected chi connectivity index (χ0v) is 38.1. The Labute approximate surface area is 369 Å². The first kappa shape index (κ1) is 55.1. The van der Waals surface area contributed by atoms with E-state index in [2.05, 4.69) is 34.4 Å². The molecule has 3 heterocycles. The normalized spacial score (nSPS) is 21.0.